The van der Waals surface area contributed by atoms with Gasteiger partial charge in [-0.1, -0.05) is 36.6 Å². The van der Waals surface area contributed by atoms with E-state index in [1.165, 1.54) is 19.3 Å². The summed E-state index contributed by atoms with van der Waals surface area (Å²) in [5.74, 6) is 1.64. The number of methoxy groups -OCH3 is 1. The third-order valence-corrected chi connectivity index (χ3v) is 6.67. The van der Waals surface area contributed by atoms with Crippen LogP contribution < -0.4 is 10.1 Å². The molecule has 1 heterocycles. The average molecular weight is 406 g/mol. The normalized spacial score (nSPS) is 17.1. The zero-order chi connectivity index (χ0) is 19.9. The maximum atomic E-state index is 12.6. The molecule has 0 saturated heterocycles. The predicted octanol–water partition coefficient (Wildman–Crippen LogP) is 3.08. The van der Waals surface area contributed by atoms with Gasteiger partial charge in [-0.15, -0.1) is 0 Å². The van der Waals surface area contributed by atoms with Crippen LogP contribution in [0.25, 0.3) is 11.4 Å². The van der Waals surface area contributed by atoms with Crippen LogP contribution in [0, 0.1) is 5.92 Å². The van der Waals surface area contributed by atoms with Crippen molar-refractivity contribution >= 4 is 16.7 Å². The summed E-state index contributed by atoms with van der Waals surface area (Å²) in [7, 11) is 0.130. The summed E-state index contributed by atoms with van der Waals surface area (Å²) in [6.45, 7) is 2.34. The molecule has 2 aromatic rings. The van der Waals surface area contributed by atoms with Crippen LogP contribution in [0.15, 0.2) is 28.8 Å². The van der Waals surface area contributed by atoms with Crippen molar-refractivity contribution in [2.24, 2.45) is 5.92 Å². The molecule has 1 aromatic heterocycles. The Morgan fingerprint density at radius 1 is 1.32 bits per heavy atom. The Hall–Kier alpha value is -2.22. The van der Waals surface area contributed by atoms with Gasteiger partial charge in [-0.2, -0.15) is 4.98 Å². The lowest BCUT2D eigenvalue weighted by Crippen LogP contribution is -2.38. The van der Waals surface area contributed by atoms with Gasteiger partial charge in [-0.05, 0) is 37.8 Å². The summed E-state index contributed by atoms with van der Waals surface area (Å²) in [6.07, 6.45) is 6.06. The number of carbonyl (C=O) groups is 1. The zero-order valence-electron chi connectivity index (χ0n) is 16.3. The largest absolute Gasteiger partial charge is 0.496 e. The van der Waals surface area contributed by atoms with E-state index in [2.05, 4.69) is 15.5 Å². The summed E-state index contributed by atoms with van der Waals surface area (Å²) in [4.78, 5) is 16.6. The van der Waals surface area contributed by atoms with Crippen LogP contribution >= 0.6 is 0 Å². The van der Waals surface area contributed by atoms with Crippen LogP contribution in [0.3, 0.4) is 0 Å². The van der Waals surface area contributed by atoms with Gasteiger partial charge in [0.1, 0.15) is 16.8 Å². The molecule has 2 atom stereocenters. The Bertz CT molecular complexity index is 817. The van der Waals surface area contributed by atoms with E-state index in [0.717, 1.165) is 12.8 Å². The molecule has 1 aliphatic rings. The lowest BCUT2D eigenvalue weighted by Gasteiger charge is -2.22. The van der Waals surface area contributed by atoms with E-state index in [1.54, 1.807) is 14.0 Å². The van der Waals surface area contributed by atoms with Gasteiger partial charge in [-0.25, -0.2) is 0 Å². The number of benzene rings is 1. The molecule has 28 heavy (non-hydrogen) atoms. The summed E-state index contributed by atoms with van der Waals surface area (Å²) >= 11 is 0. The Morgan fingerprint density at radius 2 is 2.07 bits per heavy atom. The molecular weight excluding hydrogens is 378 g/mol. The monoisotopic (exact) mass is 405 g/mol. The predicted molar refractivity (Wildman–Crippen MR) is 107 cm³/mol. The highest BCUT2D eigenvalue weighted by Crippen LogP contribution is 2.27. The Labute approximate surface area is 167 Å². The van der Waals surface area contributed by atoms with E-state index in [-0.39, 0.29) is 17.6 Å². The van der Waals surface area contributed by atoms with Crippen LogP contribution in [0.1, 0.15) is 44.9 Å². The fraction of sp³-hybridized carbons (Fsp3) is 0.550. The minimum Gasteiger partial charge on any atom is -0.496 e. The van der Waals surface area contributed by atoms with Crippen molar-refractivity contribution in [1.29, 1.82) is 0 Å². The minimum atomic E-state index is -1.44. The molecule has 3 rings (SSSR count). The molecule has 1 aliphatic carbocycles. The van der Waals surface area contributed by atoms with E-state index >= 15 is 0 Å². The number of aromatic nitrogens is 2. The van der Waals surface area contributed by atoms with Gasteiger partial charge in [-0.3, -0.25) is 9.00 Å². The maximum Gasteiger partial charge on any atom is 0.239 e. The van der Waals surface area contributed by atoms with E-state index in [4.69, 9.17) is 9.26 Å². The van der Waals surface area contributed by atoms with Gasteiger partial charge in [0.05, 0.1) is 12.7 Å². The van der Waals surface area contributed by atoms with E-state index in [9.17, 15) is 9.00 Å². The topological polar surface area (TPSA) is 94.3 Å². The number of carbonyl (C=O) groups excluding carboxylic acids is 1. The Balaban J connectivity index is 1.55. The third-order valence-electron chi connectivity index (χ3n) is 5.13. The van der Waals surface area contributed by atoms with E-state index in [0.29, 0.717) is 29.6 Å². The molecule has 152 valence electrons. The Morgan fingerprint density at radius 3 is 2.82 bits per heavy atom. The van der Waals surface area contributed by atoms with Crippen molar-refractivity contribution in [3.63, 3.8) is 0 Å². The highest BCUT2D eigenvalue weighted by molar-refractivity contribution is 7.85. The highest BCUT2D eigenvalue weighted by Gasteiger charge is 2.24. The highest BCUT2D eigenvalue weighted by atomic mass is 32.2. The number of hydrogen-bond donors (Lipinski definition) is 1. The van der Waals surface area contributed by atoms with Gasteiger partial charge in [0.15, 0.2) is 0 Å². The number of hydrogen-bond acceptors (Lipinski definition) is 6. The lowest BCUT2D eigenvalue weighted by atomic mass is 9.89. The smallest absolute Gasteiger partial charge is 0.239 e. The number of para-hydroxylation sites is 1. The summed E-state index contributed by atoms with van der Waals surface area (Å²) in [5.41, 5.74) is 0.698. The number of amides is 1. The molecular formula is C20H27N3O4S. The first-order valence-corrected chi connectivity index (χ1v) is 11.1. The maximum absolute atomic E-state index is 12.6. The van der Waals surface area contributed by atoms with E-state index < -0.39 is 16.0 Å². The molecule has 1 amide bonds. The van der Waals surface area contributed by atoms with Crippen molar-refractivity contribution in [2.45, 2.75) is 50.0 Å². The second-order valence-corrected chi connectivity index (χ2v) is 8.89. The molecule has 0 aliphatic heterocycles. The molecule has 1 saturated carbocycles. The van der Waals surface area contributed by atoms with Crippen molar-refractivity contribution in [3.05, 3.63) is 30.2 Å². The second-order valence-electron chi connectivity index (χ2n) is 7.13. The quantitative estimate of drug-likeness (QED) is 0.725. The van der Waals surface area contributed by atoms with Crippen LogP contribution in [0.4, 0.5) is 0 Å². The minimum absolute atomic E-state index is 0.0418. The van der Waals surface area contributed by atoms with Crippen molar-refractivity contribution in [2.75, 3.05) is 13.7 Å². The molecule has 0 bridgehead atoms. The van der Waals surface area contributed by atoms with Crippen LogP contribution in [-0.2, 0) is 21.3 Å². The number of ether oxygens (including phenoxy) is 1. The molecule has 2 unspecified atom stereocenters. The van der Waals surface area contributed by atoms with Crippen LogP contribution in [-0.4, -0.2) is 39.2 Å². The summed E-state index contributed by atoms with van der Waals surface area (Å²) in [5, 5.41) is 6.26. The number of nitrogens with one attached hydrogen (secondary N) is 1. The Kier molecular flexibility index (Phi) is 7.19. The van der Waals surface area contributed by atoms with Gasteiger partial charge < -0.3 is 14.6 Å². The first kappa shape index (κ1) is 20.5. The van der Waals surface area contributed by atoms with Gasteiger partial charge in [0.2, 0.25) is 17.6 Å². The van der Waals surface area contributed by atoms with Gasteiger partial charge in [0, 0.05) is 17.3 Å². The molecule has 1 aromatic carbocycles. The van der Waals surface area contributed by atoms with Crippen molar-refractivity contribution < 1.29 is 18.3 Å². The van der Waals surface area contributed by atoms with Crippen molar-refractivity contribution in [3.8, 4) is 17.1 Å². The molecule has 0 spiro atoms. The average Bonchev–Trinajstić information content (AvgIpc) is 3.20. The van der Waals surface area contributed by atoms with Crippen LogP contribution in [0.5, 0.6) is 5.75 Å². The lowest BCUT2D eigenvalue weighted by molar-refractivity contribution is -0.120. The zero-order valence-corrected chi connectivity index (χ0v) is 17.2. The van der Waals surface area contributed by atoms with Crippen LogP contribution in [0.2, 0.25) is 0 Å². The third kappa shape index (κ3) is 5.19. The molecule has 0 radical (unpaired) electrons. The first-order chi connectivity index (χ1) is 13.6. The SMILES string of the molecule is COc1ccccc1-c1noc(CS(=O)C(C)C(=O)NCC2CCCCC2)n1. The molecule has 1 fully saturated rings. The number of nitrogens with zero attached hydrogens (tertiary/aromatic N) is 2. The van der Waals surface area contributed by atoms with Gasteiger partial charge >= 0.3 is 0 Å². The fourth-order valence-electron chi connectivity index (χ4n) is 3.40. The fourth-order valence-corrected chi connectivity index (χ4v) is 4.33. The second kappa shape index (κ2) is 9.82. The van der Waals surface area contributed by atoms with Crippen molar-refractivity contribution in [1.82, 2.24) is 15.5 Å². The summed E-state index contributed by atoms with van der Waals surface area (Å²) in [6, 6.07) is 7.34. The standard InChI is InChI=1S/C20H27N3O4S/c1-14(20(24)21-12-15-8-4-3-5-9-15)28(25)13-18-22-19(23-27-18)16-10-6-7-11-17(16)26-2/h6-7,10-11,14-15H,3-5,8-9,12-13H2,1-2H3,(H,21,24). The number of rotatable bonds is 8. The molecule has 7 nitrogen and oxygen atoms in total. The summed E-state index contributed by atoms with van der Waals surface area (Å²) < 4.78 is 23.1. The van der Waals surface area contributed by atoms with E-state index in [1.807, 2.05) is 24.3 Å². The first-order valence-electron chi connectivity index (χ1n) is 9.69. The molecule has 8 heteroatoms. The molecule has 1 N–H and O–H groups in total. The van der Waals surface area contributed by atoms with Gasteiger partial charge in [0.25, 0.3) is 0 Å².